The van der Waals surface area contributed by atoms with Crippen LogP contribution in [0.4, 0.5) is 16.3 Å². The van der Waals surface area contributed by atoms with Gasteiger partial charge in [0.15, 0.2) is 5.82 Å². The highest BCUT2D eigenvalue weighted by molar-refractivity contribution is 5.61. The molecular weight excluding hydrogens is 361 g/mol. The van der Waals surface area contributed by atoms with Crippen molar-refractivity contribution < 1.29 is 9.50 Å². The fourth-order valence-corrected chi connectivity index (χ4v) is 2.95. The summed E-state index contributed by atoms with van der Waals surface area (Å²) in [5.74, 6) is 1.04. The van der Waals surface area contributed by atoms with Crippen molar-refractivity contribution in [3.05, 3.63) is 66.0 Å². The summed E-state index contributed by atoms with van der Waals surface area (Å²) in [4.78, 5) is 17.0. The first kappa shape index (κ1) is 17.8. The lowest BCUT2D eigenvalue weighted by Crippen LogP contribution is -2.18. The molecule has 0 fully saturated rings. The van der Waals surface area contributed by atoms with Gasteiger partial charge in [0.25, 0.3) is 0 Å². The van der Waals surface area contributed by atoms with Gasteiger partial charge in [-0.15, -0.1) is 0 Å². The van der Waals surface area contributed by atoms with Gasteiger partial charge in [0.2, 0.25) is 11.9 Å². The van der Waals surface area contributed by atoms with Crippen LogP contribution in [0.3, 0.4) is 0 Å². The van der Waals surface area contributed by atoms with Gasteiger partial charge in [-0.05, 0) is 36.8 Å². The summed E-state index contributed by atoms with van der Waals surface area (Å²) in [5.41, 5.74) is 8.11. The lowest BCUT2D eigenvalue weighted by Gasteiger charge is -2.17. The number of aliphatic hydroxyl groups excluding tert-OH is 1. The molecule has 8 nitrogen and oxygen atoms in total. The largest absolute Gasteiger partial charge is 0.394 e. The van der Waals surface area contributed by atoms with E-state index in [-0.39, 0.29) is 18.5 Å². The maximum atomic E-state index is 13.5. The topological polar surface area (TPSA) is 114 Å². The van der Waals surface area contributed by atoms with Crippen molar-refractivity contribution in [2.24, 2.45) is 0 Å². The molecule has 3 aromatic heterocycles. The number of halogens is 1. The molecule has 1 unspecified atom stereocenters. The van der Waals surface area contributed by atoms with Crippen LogP contribution in [0.2, 0.25) is 0 Å². The van der Waals surface area contributed by atoms with E-state index >= 15 is 0 Å². The number of benzene rings is 1. The van der Waals surface area contributed by atoms with Gasteiger partial charge in [-0.1, -0.05) is 12.1 Å². The van der Waals surface area contributed by atoms with Crippen molar-refractivity contribution >= 4 is 17.4 Å². The van der Waals surface area contributed by atoms with Crippen molar-refractivity contribution in [1.29, 1.82) is 0 Å². The van der Waals surface area contributed by atoms with Gasteiger partial charge in [-0.25, -0.2) is 9.37 Å². The highest BCUT2D eigenvalue weighted by Gasteiger charge is 2.15. The van der Waals surface area contributed by atoms with E-state index in [9.17, 15) is 9.50 Å². The molecule has 0 saturated carbocycles. The number of nitrogens with two attached hydrogens (primary N) is 1. The van der Waals surface area contributed by atoms with Gasteiger partial charge in [-0.2, -0.15) is 15.0 Å². The zero-order valence-corrected chi connectivity index (χ0v) is 15.0. The van der Waals surface area contributed by atoms with E-state index in [0.717, 1.165) is 16.9 Å². The van der Waals surface area contributed by atoms with Crippen LogP contribution in [0.5, 0.6) is 0 Å². The van der Waals surface area contributed by atoms with E-state index in [1.807, 2.05) is 29.7 Å². The summed E-state index contributed by atoms with van der Waals surface area (Å²) in [5, 5.41) is 12.7. The third-order valence-corrected chi connectivity index (χ3v) is 4.36. The Hall–Kier alpha value is -3.59. The van der Waals surface area contributed by atoms with Gasteiger partial charge in [0.1, 0.15) is 11.6 Å². The zero-order chi connectivity index (χ0) is 19.7. The molecule has 1 atom stereocenters. The first-order valence-electron chi connectivity index (χ1n) is 8.62. The number of imidazole rings is 1. The summed E-state index contributed by atoms with van der Waals surface area (Å²) in [7, 11) is 0. The number of aryl methyl sites for hydroxylation is 1. The number of hydrogen-bond acceptors (Lipinski definition) is 7. The van der Waals surface area contributed by atoms with Crippen LogP contribution in [0, 0.1) is 12.7 Å². The highest BCUT2D eigenvalue weighted by Crippen LogP contribution is 2.22. The normalized spacial score (nSPS) is 12.2. The Balaban J connectivity index is 1.68. The minimum Gasteiger partial charge on any atom is -0.394 e. The number of hydrogen-bond donors (Lipinski definition) is 3. The third-order valence-electron chi connectivity index (χ3n) is 4.36. The average molecular weight is 379 g/mol. The molecule has 28 heavy (non-hydrogen) atoms. The Morgan fingerprint density at radius 1 is 1.21 bits per heavy atom. The number of anilines is 2. The van der Waals surface area contributed by atoms with Crippen molar-refractivity contribution in [2.45, 2.75) is 13.0 Å². The highest BCUT2D eigenvalue weighted by atomic mass is 19.1. The van der Waals surface area contributed by atoms with Crippen molar-refractivity contribution in [3.8, 4) is 11.4 Å². The molecular formula is C19H18FN7O. The van der Waals surface area contributed by atoms with Crippen LogP contribution in [0.15, 0.2) is 48.8 Å². The minimum absolute atomic E-state index is 0.0332. The van der Waals surface area contributed by atoms with E-state index < -0.39 is 11.9 Å². The number of pyridine rings is 1. The number of aliphatic hydroxyl groups is 1. The fourth-order valence-electron chi connectivity index (χ4n) is 2.95. The Morgan fingerprint density at radius 2 is 2.07 bits per heavy atom. The van der Waals surface area contributed by atoms with E-state index in [1.165, 1.54) is 12.1 Å². The first-order chi connectivity index (χ1) is 13.5. The predicted molar refractivity (Wildman–Crippen MR) is 103 cm³/mol. The lowest BCUT2D eigenvalue weighted by molar-refractivity contribution is 0.275. The van der Waals surface area contributed by atoms with E-state index in [4.69, 9.17) is 5.73 Å². The van der Waals surface area contributed by atoms with E-state index in [2.05, 4.69) is 25.3 Å². The van der Waals surface area contributed by atoms with Gasteiger partial charge >= 0.3 is 0 Å². The maximum Gasteiger partial charge on any atom is 0.228 e. The number of aromatic nitrogens is 5. The molecule has 1 aromatic carbocycles. The summed E-state index contributed by atoms with van der Waals surface area (Å²) in [6.07, 6.45) is 3.64. The van der Waals surface area contributed by atoms with Crippen molar-refractivity contribution in [2.75, 3.05) is 17.7 Å². The molecule has 4 rings (SSSR count). The maximum absolute atomic E-state index is 13.5. The second-order valence-corrected chi connectivity index (χ2v) is 6.29. The lowest BCUT2D eigenvalue weighted by atomic mass is 10.1. The van der Waals surface area contributed by atoms with E-state index in [1.54, 1.807) is 18.3 Å². The summed E-state index contributed by atoms with van der Waals surface area (Å²) in [6.45, 7) is 1.63. The molecule has 0 amide bonds. The SMILES string of the molecule is Cc1ncc2ccc(-c3nc(N)nc(NC(CO)c4cccc(F)c4)n3)cn12. The van der Waals surface area contributed by atoms with Crippen LogP contribution in [0.25, 0.3) is 16.9 Å². The number of fused-ring (bicyclic) bond motifs is 1. The standard InChI is InChI=1S/C19H18FN7O/c1-11-22-8-15-6-5-13(9-27(11)15)17-24-18(21)26-19(25-17)23-16(10-28)12-3-2-4-14(20)7-12/h2-9,16,28H,10H2,1H3,(H3,21,23,24,25,26). The summed E-state index contributed by atoms with van der Waals surface area (Å²) >= 11 is 0. The van der Waals surface area contributed by atoms with Crippen molar-refractivity contribution in [1.82, 2.24) is 24.3 Å². The number of nitrogens with zero attached hydrogens (tertiary/aromatic N) is 5. The van der Waals surface area contributed by atoms with Gasteiger partial charge < -0.3 is 20.6 Å². The fraction of sp³-hybridized carbons (Fsp3) is 0.158. The Labute approximate surface area is 159 Å². The second kappa shape index (κ2) is 7.20. The van der Waals surface area contributed by atoms with Gasteiger partial charge in [0.05, 0.1) is 24.4 Å². The van der Waals surface area contributed by atoms with Crippen LogP contribution in [-0.4, -0.2) is 36.1 Å². The van der Waals surface area contributed by atoms with Gasteiger partial charge in [0, 0.05) is 11.8 Å². The predicted octanol–water partition coefficient (Wildman–Crippen LogP) is 2.36. The quantitative estimate of drug-likeness (QED) is 0.488. The molecule has 4 aromatic rings. The number of nitrogen functional groups attached to an aromatic ring is 1. The molecule has 0 saturated heterocycles. The summed E-state index contributed by atoms with van der Waals surface area (Å²) < 4.78 is 15.4. The number of rotatable bonds is 5. The van der Waals surface area contributed by atoms with Crippen molar-refractivity contribution in [3.63, 3.8) is 0 Å². The van der Waals surface area contributed by atoms with Crippen LogP contribution in [-0.2, 0) is 0 Å². The minimum atomic E-state index is -0.594. The molecule has 0 radical (unpaired) electrons. The smallest absolute Gasteiger partial charge is 0.228 e. The first-order valence-corrected chi connectivity index (χ1v) is 8.62. The molecule has 0 bridgehead atoms. The third kappa shape index (κ3) is 3.47. The van der Waals surface area contributed by atoms with Crippen LogP contribution in [0.1, 0.15) is 17.4 Å². The van der Waals surface area contributed by atoms with E-state index in [0.29, 0.717) is 11.4 Å². The second-order valence-electron chi connectivity index (χ2n) is 6.29. The molecule has 0 aliphatic rings. The van der Waals surface area contributed by atoms with Crippen LogP contribution < -0.4 is 11.1 Å². The Kier molecular flexibility index (Phi) is 4.58. The molecule has 142 valence electrons. The molecule has 0 spiro atoms. The Morgan fingerprint density at radius 3 is 2.86 bits per heavy atom. The number of nitrogens with one attached hydrogen (secondary N) is 1. The summed E-state index contributed by atoms with van der Waals surface area (Å²) in [6, 6.07) is 9.14. The molecule has 9 heteroatoms. The van der Waals surface area contributed by atoms with Crippen LogP contribution >= 0.6 is 0 Å². The molecule has 4 N–H and O–H groups in total. The molecule has 0 aliphatic carbocycles. The average Bonchev–Trinajstić information content (AvgIpc) is 3.06. The Bertz CT molecular complexity index is 1140. The molecule has 0 aliphatic heterocycles. The van der Waals surface area contributed by atoms with Gasteiger partial charge in [-0.3, -0.25) is 0 Å². The zero-order valence-electron chi connectivity index (χ0n) is 15.0. The monoisotopic (exact) mass is 379 g/mol. The molecule has 3 heterocycles.